The number of nitrogens with two attached hydrogens (primary N) is 1. The predicted molar refractivity (Wildman–Crippen MR) is 66.7 cm³/mol. The highest BCUT2D eigenvalue weighted by molar-refractivity contribution is 7.80. The zero-order chi connectivity index (χ0) is 12.3. The van der Waals surface area contributed by atoms with Crippen LogP contribution in [0, 0.1) is 0 Å². The average Bonchev–Trinajstić information content (AvgIpc) is 2.83. The van der Waals surface area contributed by atoms with Crippen LogP contribution in [-0.2, 0) is 0 Å². The second kappa shape index (κ2) is 4.71. The Kier molecular flexibility index (Phi) is 3.10. The summed E-state index contributed by atoms with van der Waals surface area (Å²) in [6.45, 7) is 0. The molecule has 86 valence electrons. The van der Waals surface area contributed by atoms with E-state index in [-0.39, 0.29) is 11.6 Å². The van der Waals surface area contributed by atoms with Crippen molar-refractivity contribution in [3.05, 3.63) is 41.7 Å². The van der Waals surface area contributed by atoms with Crippen molar-refractivity contribution in [3.8, 4) is 0 Å². The summed E-state index contributed by atoms with van der Waals surface area (Å²) in [6.07, 6.45) is 1.35. The van der Waals surface area contributed by atoms with Crippen molar-refractivity contribution in [1.82, 2.24) is 15.4 Å². The van der Waals surface area contributed by atoms with E-state index in [1.54, 1.807) is 24.3 Å². The number of hydrogen-bond donors (Lipinski definition) is 3. The number of benzene rings is 1. The molecule has 0 atom stereocenters. The van der Waals surface area contributed by atoms with Crippen LogP contribution in [0.5, 0.6) is 0 Å². The molecule has 0 saturated heterocycles. The minimum atomic E-state index is -0.332. The van der Waals surface area contributed by atoms with E-state index >= 15 is 0 Å². The number of rotatable bonds is 3. The number of thiocarbonyl (C=S) groups is 1. The summed E-state index contributed by atoms with van der Waals surface area (Å²) in [4.78, 5) is 11.9. The summed E-state index contributed by atoms with van der Waals surface area (Å²) in [6, 6.07) is 6.90. The molecule has 6 nitrogen and oxygen atoms in total. The molecule has 1 aromatic carbocycles. The smallest absolute Gasteiger partial charge is 0.277 e. The van der Waals surface area contributed by atoms with E-state index in [4.69, 9.17) is 18.0 Å². The SMILES string of the molecule is NC(=S)c1ccc(NC(=O)c2cn[nH]n2)cc1. The Hall–Kier alpha value is -2.28. The molecule has 1 aromatic heterocycles. The fraction of sp³-hybridized carbons (Fsp3) is 0. The van der Waals surface area contributed by atoms with Crippen molar-refractivity contribution in [1.29, 1.82) is 0 Å². The minimum absolute atomic E-state index is 0.225. The Labute approximate surface area is 102 Å². The first-order valence-electron chi connectivity index (χ1n) is 4.74. The fourth-order valence-corrected chi connectivity index (χ4v) is 1.36. The molecule has 1 amide bonds. The number of nitrogens with one attached hydrogen (secondary N) is 2. The van der Waals surface area contributed by atoms with Crippen molar-refractivity contribution in [2.24, 2.45) is 5.73 Å². The molecule has 4 N–H and O–H groups in total. The summed E-state index contributed by atoms with van der Waals surface area (Å²) < 4.78 is 0. The average molecular weight is 247 g/mol. The summed E-state index contributed by atoms with van der Waals surface area (Å²) in [5, 5.41) is 12.3. The van der Waals surface area contributed by atoms with Gasteiger partial charge in [0.05, 0.1) is 6.20 Å². The molecule has 0 unspecified atom stereocenters. The predicted octanol–water partition coefficient (Wildman–Crippen LogP) is 0.691. The first-order valence-corrected chi connectivity index (χ1v) is 5.14. The zero-order valence-electron chi connectivity index (χ0n) is 8.68. The fourth-order valence-electron chi connectivity index (χ4n) is 1.22. The first kappa shape index (κ1) is 11.2. The van der Waals surface area contributed by atoms with E-state index in [0.29, 0.717) is 10.7 Å². The number of amides is 1. The number of aromatic nitrogens is 3. The van der Waals surface area contributed by atoms with Gasteiger partial charge in [0.25, 0.3) is 5.91 Å². The molecule has 7 heteroatoms. The molecule has 17 heavy (non-hydrogen) atoms. The van der Waals surface area contributed by atoms with Gasteiger partial charge in [-0.1, -0.05) is 12.2 Å². The lowest BCUT2D eigenvalue weighted by Crippen LogP contribution is -2.13. The highest BCUT2D eigenvalue weighted by atomic mass is 32.1. The topological polar surface area (TPSA) is 96.7 Å². The van der Waals surface area contributed by atoms with E-state index < -0.39 is 0 Å². The van der Waals surface area contributed by atoms with E-state index in [1.165, 1.54) is 6.20 Å². The zero-order valence-corrected chi connectivity index (χ0v) is 9.49. The Morgan fingerprint density at radius 3 is 2.59 bits per heavy atom. The van der Waals surface area contributed by atoms with E-state index in [1.807, 2.05) is 0 Å². The van der Waals surface area contributed by atoms with E-state index in [0.717, 1.165) is 5.56 Å². The quantitative estimate of drug-likeness (QED) is 0.693. The van der Waals surface area contributed by atoms with Crippen LogP contribution < -0.4 is 11.1 Å². The van der Waals surface area contributed by atoms with Crippen LogP contribution in [0.2, 0.25) is 0 Å². The number of carbonyl (C=O) groups is 1. The highest BCUT2D eigenvalue weighted by Crippen LogP contribution is 2.10. The molecule has 0 saturated carbocycles. The van der Waals surface area contributed by atoms with Gasteiger partial charge in [-0.25, -0.2) is 0 Å². The Morgan fingerprint density at radius 1 is 1.35 bits per heavy atom. The molecule has 1 heterocycles. The number of aromatic amines is 1. The lowest BCUT2D eigenvalue weighted by Gasteiger charge is -2.03. The van der Waals surface area contributed by atoms with Gasteiger partial charge in [-0.3, -0.25) is 4.79 Å². The highest BCUT2D eigenvalue weighted by Gasteiger charge is 2.08. The van der Waals surface area contributed by atoms with Crippen molar-refractivity contribution < 1.29 is 4.79 Å². The summed E-state index contributed by atoms with van der Waals surface area (Å²) >= 11 is 4.83. The summed E-state index contributed by atoms with van der Waals surface area (Å²) in [5.41, 5.74) is 7.08. The second-order valence-electron chi connectivity index (χ2n) is 3.25. The van der Waals surface area contributed by atoms with Gasteiger partial charge in [0.1, 0.15) is 4.99 Å². The molecular weight excluding hydrogens is 238 g/mol. The van der Waals surface area contributed by atoms with Gasteiger partial charge in [0, 0.05) is 11.3 Å². The Balaban J connectivity index is 2.09. The van der Waals surface area contributed by atoms with Crippen molar-refractivity contribution in [2.75, 3.05) is 5.32 Å². The van der Waals surface area contributed by atoms with Crippen LogP contribution in [0.4, 0.5) is 5.69 Å². The maximum Gasteiger partial charge on any atom is 0.277 e. The third kappa shape index (κ3) is 2.64. The third-order valence-corrected chi connectivity index (χ3v) is 2.31. The Morgan fingerprint density at radius 2 is 2.06 bits per heavy atom. The van der Waals surface area contributed by atoms with Crippen LogP contribution in [0.1, 0.15) is 16.1 Å². The van der Waals surface area contributed by atoms with Crippen LogP contribution >= 0.6 is 12.2 Å². The van der Waals surface area contributed by atoms with Gasteiger partial charge in [0.15, 0.2) is 5.69 Å². The molecule has 0 bridgehead atoms. The monoisotopic (exact) mass is 247 g/mol. The number of anilines is 1. The first-order chi connectivity index (χ1) is 8.16. The second-order valence-corrected chi connectivity index (χ2v) is 3.69. The lowest BCUT2D eigenvalue weighted by molar-refractivity contribution is 0.102. The van der Waals surface area contributed by atoms with Gasteiger partial charge in [0.2, 0.25) is 0 Å². The van der Waals surface area contributed by atoms with Gasteiger partial charge in [-0.15, -0.1) is 0 Å². The standard InChI is InChI=1S/C10H9N5OS/c11-9(17)6-1-3-7(4-2-6)13-10(16)8-5-12-15-14-8/h1-5H,(H2,11,17)(H,13,16)(H,12,14,15). The van der Waals surface area contributed by atoms with Crippen molar-refractivity contribution >= 4 is 28.8 Å². The molecule has 2 rings (SSSR count). The maximum atomic E-state index is 11.6. The van der Waals surface area contributed by atoms with E-state index in [9.17, 15) is 4.79 Å². The van der Waals surface area contributed by atoms with Crippen LogP contribution in [0.25, 0.3) is 0 Å². The van der Waals surface area contributed by atoms with Crippen LogP contribution in [-0.4, -0.2) is 26.3 Å². The normalized spacial score (nSPS) is 9.88. The molecule has 0 aliphatic heterocycles. The van der Waals surface area contributed by atoms with Crippen LogP contribution in [0.3, 0.4) is 0 Å². The van der Waals surface area contributed by atoms with Crippen molar-refractivity contribution in [2.45, 2.75) is 0 Å². The van der Waals surface area contributed by atoms with Crippen LogP contribution in [0.15, 0.2) is 30.5 Å². The molecule has 0 fully saturated rings. The largest absolute Gasteiger partial charge is 0.389 e. The molecule has 0 spiro atoms. The number of H-pyrrole nitrogens is 1. The van der Waals surface area contributed by atoms with Gasteiger partial charge in [-0.2, -0.15) is 15.4 Å². The Bertz CT molecular complexity index is 534. The van der Waals surface area contributed by atoms with Gasteiger partial charge in [-0.05, 0) is 24.3 Å². The van der Waals surface area contributed by atoms with Gasteiger partial charge < -0.3 is 11.1 Å². The molecule has 0 aliphatic carbocycles. The maximum absolute atomic E-state index is 11.6. The molecule has 0 radical (unpaired) electrons. The molecule has 0 aliphatic rings. The van der Waals surface area contributed by atoms with E-state index in [2.05, 4.69) is 20.7 Å². The number of carbonyl (C=O) groups excluding carboxylic acids is 1. The summed E-state index contributed by atoms with van der Waals surface area (Å²) in [7, 11) is 0. The van der Waals surface area contributed by atoms with Crippen molar-refractivity contribution in [3.63, 3.8) is 0 Å². The lowest BCUT2D eigenvalue weighted by atomic mass is 10.2. The number of nitrogens with zero attached hydrogens (tertiary/aromatic N) is 2. The summed E-state index contributed by atoms with van der Waals surface area (Å²) in [5.74, 6) is -0.332. The third-order valence-electron chi connectivity index (χ3n) is 2.07. The van der Waals surface area contributed by atoms with Gasteiger partial charge >= 0.3 is 0 Å². The molecule has 2 aromatic rings. The molecular formula is C10H9N5OS. The number of hydrogen-bond acceptors (Lipinski definition) is 4. The minimum Gasteiger partial charge on any atom is -0.389 e.